The lowest BCUT2D eigenvalue weighted by Crippen LogP contribution is -1.98. The number of aryl methyl sites for hydroxylation is 1. The Hall–Kier alpha value is -1.20. The van der Waals surface area contributed by atoms with E-state index in [2.05, 4.69) is 25.9 Å². The van der Waals surface area contributed by atoms with Crippen molar-refractivity contribution in [1.29, 1.82) is 0 Å². The predicted molar refractivity (Wildman–Crippen MR) is 64.3 cm³/mol. The lowest BCUT2D eigenvalue weighted by atomic mass is 10.1. The highest BCUT2D eigenvalue weighted by molar-refractivity contribution is 9.10. The van der Waals surface area contributed by atoms with E-state index in [0.717, 1.165) is 10.2 Å². The van der Waals surface area contributed by atoms with Gasteiger partial charge in [0.1, 0.15) is 11.6 Å². The number of hydrogen-bond donors (Lipinski definition) is 2. The number of nitrogens with one attached hydrogen (secondary N) is 1. The van der Waals surface area contributed by atoms with Crippen molar-refractivity contribution in [3.8, 4) is 11.3 Å². The van der Waals surface area contributed by atoms with Crippen molar-refractivity contribution in [3.63, 3.8) is 0 Å². The number of nitrogens with zero attached hydrogens (tertiary/aromatic N) is 1. The summed E-state index contributed by atoms with van der Waals surface area (Å²) >= 11 is 3.31. The molecule has 16 heavy (non-hydrogen) atoms. The highest BCUT2D eigenvalue weighted by Crippen LogP contribution is 2.27. The molecule has 0 spiro atoms. The number of nitrogens with two attached hydrogens (primary N) is 1. The molecule has 0 amide bonds. The molecule has 0 bridgehead atoms. The van der Waals surface area contributed by atoms with Gasteiger partial charge in [0, 0.05) is 15.7 Å². The van der Waals surface area contributed by atoms with E-state index in [9.17, 15) is 4.39 Å². The molecule has 0 radical (unpaired) electrons. The van der Waals surface area contributed by atoms with Gasteiger partial charge in [0.25, 0.3) is 0 Å². The number of halogens is 2. The van der Waals surface area contributed by atoms with Crippen LogP contribution in [0.15, 0.2) is 22.7 Å². The highest BCUT2D eigenvalue weighted by Gasteiger charge is 2.12. The molecule has 0 aliphatic heterocycles. The number of aromatic amines is 1. The van der Waals surface area contributed by atoms with Crippen LogP contribution < -0.4 is 5.73 Å². The predicted octanol–water partition coefficient (Wildman–Crippen LogP) is 2.75. The van der Waals surface area contributed by atoms with E-state index >= 15 is 0 Å². The van der Waals surface area contributed by atoms with Gasteiger partial charge in [0.2, 0.25) is 0 Å². The minimum absolute atomic E-state index is 0.290. The molecule has 0 atom stereocenters. The van der Waals surface area contributed by atoms with Gasteiger partial charge < -0.3 is 10.7 Å². The highest BCUT2D eigenvalue weighted by atomic mass is 79.9. The molecule has 3 nitrogen and oxygen atoms in total. The van der Waals surface area contributed by atoms with Crippen molar-refractivity contribution in [2.45, 2.75) is 13.5 Å². The third kappa shape index (κ3) is 2.01. The molecular formula is C11H11BrFN3. The summed E-state index contributed by atoms with van der Waals surface area (Å²) in [5, 5.41) is 0. The van der Waals surface area contributed by atoms with Crippen molar-refractivity contribution in [2.24, 2.45) is 5.73 Å². The van der Waals surface area contributed by atoms with Crippen LogP contribution in [0.4, 0.5) is 4.39 Å². The van der Waals surface area contributed by atoms with Gasteiger partial charge in [-0.05, 0) is 25.1 Å². The first-order valence-electron chi connectivity index (χ1n) is 4.83. The van der Waals surface area contributed by atoms with Crippen LogP contribution in [0.2, 0.25) is 0 Å². The van der Waals surface area contributed by atoms with Crippen LogP contribution in [-0.2, 0) is 6.54 Å². The summed E-state index contributed by atoms with van der Waals surface area (Å²) in [5.74, 6) is 0.369. The van der Waals surface area contributed by atoms with E-state index < -0.39 is 0 Å². The quantitative estimate of drug-likeness (QED) is 0.891. The molecule has 1 aromatic carbocycles. The van der Waals surface area contributed by atoms with Crippen LogP contribution in [0, 0.1) is 12.7 Å². The summed E-state index contributed by atoms with van der Waals surface area (Å²) in [4.78, 5) is 7.28. The number of rotatable bonds is 2. The van der Waals surface area contributed by atoms with Crippen molar-refractivity contribution < 1.29 is 4.39 Å². The second-order valence-electron chi connectivity index (χ2n) is 3.49. The Morgan fingerprint density at radius 2 is 2.25 bits per heavy atom. The van der Waals surface area contributed by atoms with Crippen molar-refractivity contribution in [1.82, 2.24) is 9.97 Å². The normalized spacial score (nSPS) is 10.8. The van der Waals surface area contributed by atoms with E-state index in [1.165, 1.54) is 6.07 Å². The first-order valence-corrected chi connectivity index (χ1v) is 5.62. The number of aromatic nitrogens is 2. The van der Waals surface area contributed by atoms with Gasteiger partial charge in [-0.1, -0.05) is 15.9 Å². The molecule has 0 unspecified atom stereocenters. The van der Waals surface area contributed by atoms with E-state index in [-0.39, 0.29) is 5.82 Å². The number of hydrogen-bond acceptors (Lipinski definition) is 2. The van der Waals surface area contributed by atoms with Gasteiger partial charge >= 0.3 is 0 Å². The van der Waals surface area contributed by atoms with Gasteiger partial charge in [-0.2, -0.15) is 0 Å². The molecule has 84 valence electrons. The lowest BCUT2D eigenvalue weighted by molar-refractivity contribution is 0.630. The van der Waals surface area contributed by atoms with Gasteiger partial charge in [-0.15, -0.1) is 0 Å². The monoisotopic (exact) mass is 283 g/mol. The van der Waals surface area contributed by atoms with Crippen LogP contribution in [-0.4, -0.2) is 9.97 Å². The largest absolute Gasteiger partial charge is 0.344 e. The molecular weight excluding hydrogens is 273 g/mol. The Morgan fingerprint density at radius 1 is 1.50 bits per heavy atom. The van der Waals surface area contributed by atoms with Crippen molar-refractivity contribution >= 4 is 15.9 Å². The van der Waals surface area contributed by atoms with Gasteiger partial charge in [0.05, 0.1) is 12.2 Å². The maximum absolute atomic E-state index is 13.6. The number of benzene rings is 1. The van der Waals surface area contributed by atoms with E-state index in [4.69, 9.17) is 5.73 Å². The molecule has 0 fully saturated rings. The Balaban J connectivity index is 2.57. The molecule has 2 rings (SSSR count). The Morgan fingerprint density at radius 3 is 2.88 bits per heavy atom. The van der Waals surface area contributed by atoms with Gasteiger partial charge in [-0.3, -0.25) is 0 Å². The van der Waals surface area contributed by atoms with E-state index in [0.29, 0.717) is 23.6 Å². The minimum atomic E-state index is -0.290. The van der Waals surface area contributed by atoms with Crippen LogP contribution in [0.1, 0.15) is 11.5 Å². The Kier molecular flexibility index (Phi) is 3.07. The maximum Gasteiger partial charge on any atom is 0.132 e. The van der Waals surface area contributed by atoms with Crippen molar-refractivity contribution in [3.05, 3.63) is 40.0 Å². The summed E-state index contributed by atoms with van der Waals surface area (Å²) in [5.41, 5.74) is 7.38. The topological polar surface area (TPSA) is 54.7 Å². The molecule has 0 saturated carbocycles. The summed E-state index contributed by atoms with van der Waals surface area (Å²) in [7, 11) is 0. The summed E-state index contributed by atoms with van der Waals surface area (Å²) < 4.78 is 14.5. The standard InChI is InChI=1S/C11H11BrFN3/c1-6-11(16-10(5-14)15-6)8-4-7(12)2-3-9(8)13/h2-4H,5,14H2,1H3,(H,15,16). The summed E-state index contributed by atoms with van der Waals surface area (Å²) in [6.45, 7) is 2.16. The second-order valence-corrected chi connectivity index (χ2v) is 4.40. The molecule has 3 N–H and O–H groups in total. The summed E-state index contributed by atoms with van der Waals surface area (Å²) in [6.07, 6.45) is 0. The molecule has 5 heteroatoms. The fourth-order valence-corrected chi connectivity index (χ4v) is 1.92. The summed E-state index contributed by atoms with van der Waals surface area (Å²) in [6, 6.07) is 4.78. The smallest absolute Gasteiger partial charge is 0.132 e. The lowest BCUT2D eigenvalue weighted by Gasteiger charge is -2.01. The van der Waals surface area contributed by atoms with Gasteiger partial charge in [0.15, 0.2) is 0 Å². The number of imidazole rings is 1. The fraction of sp³-hybridized carbons (Fsp3) is 0.182. The SMILES string of the molecule is Cc1[nH]c(CN)nc1-c1cc(Br)ccc1F. The van der Waals surface area contributed by atoms with Crippen LogP contribution in [0.5, 0.6) is 0 Å². The van der Waals surface area contributed by atoms with Crippen LogP contribution in [0.25, 0.3) is 11.3 Å². The zero-order valence-electron chi connectivity index (χ0n) is 8.72. The zero-order valence-corrected chi connectivity index (χ0v) is 10.3. The first-order chi connectivity index (χ1) is 7.61. The molecule has 0 aliphatic rings. The third-order valence-corrected chi connectivity index (χ3v) is 2.80. The van der Waals surface area contributed by atoms with Crippen LogP contribution in [0.3, 0.4) is 0 Å². The van der Waals surface area contributed by atoms with Gasteiger partial charge in [-0.25, -0.2) is 9.37 Å². The third-order valence-electron chi connectivity index (χ3n) is 2.31. The molecule has 0 saturated heterocycles. The molecule has 2 aromatic rings. The average molecular weight is 284 g/mol. The van der Waals surface area contributed by atoms with Crippen molar-refractivity contribution in [2.75, 3.05) is 0 Å². The van der Waals surface area contributed by atoms with Crippen LogP contribution >= 0.6 is 15.9 Å². The molecule has 0 aliphatic carbocycles. The second kappa shape index (κ2) is 4.35. The Labute approximate surface area is 101 Å². The molecule has 1 aromatic heterocycles. The minimum Gasteiger partial charge on any atom is -0.344 e. The maximum atomic E-state index is 13.6. The zero-order chi connectivity index (χ0) is 11.7. The first kappa shape index (κ1) is 11.3. The number of H-pyrrole nitrogens is 1. The fourth-order valence-electron chi connectivity index (χ4n) is 1.56. The van der Waals surface area contributed by atoms with E-state index in [1.54, 1.807) is 12.1 Å². The Bertz CT molecular complexity index is 522. The van der Waals surface area contributed by atoms with E-state index in [1.807, 2.05) is 6.92 Å². The molecule has 1 heterocycles. The average Bonchev–Trinajstić information content (AvgIpc) is 2.63.